The summed E-state index contributed by atoms with van der Waals surface area (Å²) in [5, 5.41) is 3.32. The van der Waals surface area contributed by atoms with Crippen LogP contribution in [0.5, 0.6) is 0 Å². The highest BCUT2D eigenvalue weighted by molar-refractivity contribution is 5.34. The first-order valence-corrected chi connectivity index (χ1v) is 6.11. The van der Waals surface area contributed by atoms with E-state index in [9.17, 15) is 4.39 Å². The molecule has 2 aromatic rings. The molecule has 1 aromatic heterocycles. The van der Waals surface area contributed by atoms with Crippen molar-refractivity contribution in [2.75, 3.05) is 6.54 Å². The van der Waals surface area contributed by atoms with Gasteiger partial charge in [-0.15, -0.1) is 0 Å². The molecule has 0 saturated heterocycles. The summed E-state index contributed by atoms with van der Waals surface area (Å²) in [6, 6.07) is 8.90. The van der Waals surface area contributed by atoms with Crippen molar-refractivity contribution in [3.63, 3.8) is 0 Å². The molecule has 0 aliphatic carbocycles. The highest BCUT2D eigenvalue weighted by Gasteiger charge is 2.16. The number of benzene rings is 1. The molecule has 0 spiro atoms. The van der Waals surface area contributed by atoms with Crippen molar-refractivity contribution in [2.24, 2.45) is 0 Å². The first kappa shape index (κ1) is 12.7. The third-order valence-electron chi connectivity index (χ3n) is 2.91. The van der Waals surface area contributed by atoms with Gasteiger partial charge in [0.1, 0.15) is 5.82 Å². The van der Waals surface area contributed by atoms with Crippen LogP contribution in [0.15, 0.2) is 42.7 Å². The van der Waals surface area contributed by atoms with Crippen molar-refractivity contribution < 1.29 is 4.39 Å². The van der Waals surface area contributed by atoms with Gasteiger partial charge in [0.2, 0.25) is 0 Å². The topological polar surface area (TPSA) is 24.9 Å². The number of halogens is 1. The molecule has 94 valence electrons. The van der Waals surface area contributed by atoms with Gasteiger partial charge in [0.05, 0.1) is 6.04 Å². The molecule has 0 amide bonds. The maximum Gasteiger partial charge on any atom is 0.128 e. The zero-order valence-electron chi connectivity index (χ0n) is 10.7. The second kappa shape index (κ2) is 5.74. The molecular formula is C15H17FN2. The Balaban J connectivity index is 2.44. The molecule has 1 aromatic carbocycles. The first-order chi connectivity index (χ1) is 8.72. The average Bonchev–Trinajstić information content (AvgIpc) is 2.40. The molecule has 0 bridgehead atoms. The van der Waals surface area contributed by atoms with Gasteiger partial charge in [0.25, 0.3) is 0 Å². The number of hydrogen-bond acceptors (Lipinski definition) is 2. The van der Waals surface area contributed by atoms with E-state index in [0.717, 1.165) is 17.7 Å². The number of aryl methyl sites for hydroxylation is 1. The predicted octanol–water partition coefficient (Wildman–Crippen LogP) is 3.23. The molecule has 0 radical (unpaired) electrons. The second-order valence-electron chi connectivity index (χ2n) is 4.30. The lowest BCUT2D eigenvalue weighted by Gasteiger charge is -2.19. The average molecular weight is 244 g/mol. The van der Waals surface area contributed by atoms with E-state index in [-0.39, 0.29) is 11.9 Å². The van der Waals surface area contributed by atoms with Crippen LogP contribution >= 0.6 is 0 Å². The fourth-order valence-corrected chi connectivity index (χ4v) is 2.05. The van der Waals surface area contributed by atoms with Gasteiger partial charge in [0.15, 0.2) is 0 Å². The lowest BCUT2D eigenvalue weighted by atomic mass is 9.97. The Morgan fingerprint density at radius 2 is 1.94 bits per heavy atom. The summed E-state index contributed by atoms with van der Waals surface area (Å²) in [7, 11) is 0. The highest BCUT2D eigenvalue weighted by Crippen LogP contribution is 2.24. The van der Waals surface area contributed by atoms with Crippen LogP contribution in [0.2, 0.25) is 0 Å². The van der Waals surface area contributed by atoms with Crippen molar-refractivity contribution in [3.05, 3.63) is 65.2 Å². The number of aromatic nitrogens is 1. The Labute approximate surface area is 107 Å². The van der Waals surface area contributed by atoms with Gasteiger partial charge in [-0.2, -0.15) is 0 Å². The Morgan fingerprint density at radius 3 is 2.61 bits per heavy atom. The molecule has 1 atom stereocenters. The number of nitrogens with one attached hydrogen (secondary N) is 1. The SMILES string of the molecule is CCNC(c1ccncc1)c1cc(C)ccc1F. The second-order valence-corrected chi connectivity index (χ2v) is 4.30. The monoisotopic (exact) mass is 244 g/mol. The van der Waals surface area contributed by atoms with Gasteiger partial charge in [-0.3, -0.25) is 4.98 Å². The summed E-state index contributed by atoms with van der Waals surface area (Å²) < 4.78 is 14.0. The molecule has 18 heavy (non-hydrogen) atoms. The van der Waals surface area contributed by atoms with Gasteiger partial charge in [-0.25, -0.2) is 4.39 Å². The minimum atomic E-state index is -0.177. The van der Waals surface area contributed by atoms with Gasteiger partial charge >= 0.3 is 0 Å². The van der Waals surface area contributed by atoms with Crippen LogP contribution in [0.1, 0.15) is 29.7 Å². The number of pyridine rings is 1. The van der Waals surface area contributed by atoms with E-state index in [0.29, 0.717) is 5.56 Å². The Bertz CT molecular complexity index is 511. The zero-order valence-corrected chi connectivity index (χ0v) is 10.7. The van der Waals surface area contributed by atoms with E-state index in [1.807, 2.05) is 32.0 Å². The predicted molar refractivity (Wildman–Crippen MR) is 70.9 cm³/mol. The summed E-state index contributed by atoms with van der Waals surface area (Å²) >= 11 is 0. The largest absolute Gasteiger partial charge is 0.306 e. The molecule has 0 fully saturated rings. The molecule has 3 heteroatoms. The minimum absolute atomic E-state index is 0.127. The van der Waals surface area contributed by atoms with Crippen molar-refractivity contribution in [1.82, 2.24) is 10.3 Å². The fraction of sp³-hybridized carbons (Fsp3) is 0.267. The lowest BCUT2D eigenvalue weighted by molar-refractivity contribution is 0.558. The molecule has 0 aliphatic heterocycles. The molecule has 0 aliphatic rings. The number of hydrogen-bond donors (Lipinski definition) is 1. The molecule has 2 nitrogen and oxygen atoms in total. The molecule has 1 heterocycles. The Hall–Kier alpha value is -1.74. The van der Waals surface area contributed by atoms with Crippen molar-refractivity contribution in [1.29, 1.82) is 0 Å². The summed E-state index contributed by atoms with van der Waals surface area (Å²) in [4.78, 5) is 4.00. The van der Waals surface area contributed by atoms with Crippen molar-refractivity contribution in [3.8, 4) is 0 Å². The van der Waals surface area contributed by atoms with E-state index in [1.54, 1.807) is 18.5 Å². The van der Waals surface area contributed by atoms with Gasteiger partial charge in [-0.1, -0.05) is 24.6 Å². The van der Waals surface area contributed by atoms with Crippen LogP contribution in [-0.4, -0.2) is 11.5 Å². The zero-order chi connectivity index (χ0) is 13.0. The Morgan fingerprint density at radius 1 is 1.22 bits per heavy atom. The summed E-state index contributed by atoms with van der Waals surface area (Å²) in [6.07, 6.45) is 3.46. The van der Waals surface area contributed by atoms with E-state index >= 15 is 0 Å². The van der Waals surface area contributed by atoms with Gasteiger partial charge in [-0.05, 0) is 37.2 Å². The third-order valence-corrected chi connectivity index (χ3v) is 2.91. The van der Waals surface area contributed by atoms with Crippen molar-refractivity contribution >= 4 is 0 Å². The molecule has 1 unspecified atom stereocenters. The third kappa shape index (κ3) is 2.74. The van der Waals surface area contributed by atoms with E-state index in [2.05, 4.69) is 10.3 Å². The normalized spacial score (nSPS) is 12.4. The van der Waals surface area contributed by atoms with Crippen LogP contribution < -0.4 is 5.32 Å². The lowest BCUT2D eigenvalue weighted by Crippen LogP contribution is -2.23. The molecular weight excluding hydrogens is 227 g/mol. The van der Waals surface area contributed by atoms with Crippen molar-refractivity contribution in [2.45, 2.75) is 19.9 Å². The van der Waals surface area contributed by atoms with E-state index < -0.39 is 0 Å². The molecule has 0 saturated carbocycles. The fourth-order valence-electron chi connectivity index (χ4n) is 2.05. The van der Waals surface area contributed by atoms with Crippen LogP contribution in [0, 0.1) is 12.7 Å². The summed E-state index contributed by atoms with van der Waals surface area (Å²) in [5.74, 6) is -0.177. The van der Waals surface area contributed by atoms with Gasteiger partial charge < -0.3 is 5.32 Å². The van der Waals surface area contributed by atoms with Crippen LogP contribution in [0.3, 0.4) is 0 Å². The summed E-state index contributed by atoms with van der Waals surface area (Å²) in [5.41, 5.74) is 2.77. The van der Waals surface area contributed by atoms with Crippen LogP contribution in [0.25, 0.3) is 0 Å². The highest BCUT2D eigenvalue weighted by atomic mass is 19.1. The smallest absolute Gasteiger partial charge is 0.128 e. The number of nitrogens with zero attached hydrogens (tertiary/aromatic N) is 1. The van der Waals surface area contributed by atoms with E-state index in [1.165, 1.54) is 6.07 Å². The quantitative estimate of drug-likeness (QED) is 0.893. The van der Waals surface area contributed by atoms with E-state index in [4.69, 9.17) is 0 Å². The summed E-state index contributed by atoms with van der Waals surface area (Å²) in [6.45, 7) is 4.76. The van der Waals surface area contributed by atoms with Gasteiger partial charge in [0, 0.05) is 18.0 Å². The first-order valence-electron chi connectivity index (χ1n) is 6.11. The maximum absolute atomic E-state index is 14.0. The van der Waals surface area contributed by atoms with Crippen LogP contribution in [-0.2, 0) is 0 Å². The Kier molecular flexibility index (Phi) is 4.05. The maximum atomic E-state index is 14.0. The number of rotatable bonds is 4. The molecule has 1 N–H and O–H groups in total. The molecule has 2 rings (SSSR count). The standard InChI is InChI=1S/C15H17FN2/c1-3-18-15(12-6-8-17-9-7-12)13-10-11(2)4-5-14(13)16/h4-10,15,18H,3H2,1-2H3. The minimum Gasteiger partial charge on any atom is -0.306 e. The van der Waals surface area contributed by atoms with Crippen LogP contribution in [0.4, 0.5) is 4.39 Å².